The quantitative estimate of drug-likeness (QED) is 0.704. The highest BCUT2D eigenvalue weighted by Crippen LogP contribution is 2.41. The summed E-state index contributed by atoms with van der Waals surface area (Å²) in [5, 5.41) is 0.166. The van der Waals surface area contributed by atoms with E-state index in [1.54, 1.807) is 10.8 Å². The number of nitrogens with zero attached hydrogens (tertiary/aromatic N) is 2. The molecule has 6 heteroatoms. The van der Waals surface area contributed by atoms with Crippen molar-refractivity contribution in [3.05, 3.63) is 62.8 Å². The Kier molecular flexibility index (Phi) is 5.36. The van der Waals surface area contributed by atoms with E-state index in [1.165, 1.54) is 0 Å². The lowest BCUT2D eigenvalue weighted by molar-refractivity contribution is 0.105. The molecule has 0 radical (unpaired) electrons. The summed E-state index contributed by atoms with van der Waals surface area (Å²) in [5.41, 5.74) is 0.860. The van der Waals surface area contributed by atoms with Gasteiger partial charge >= 0.3 is 0 Å². The highest BCUT2D eigenvalue weighted by molar-refractivity contribution is 6.32. The van der Waals surface area contributed by atoms with E-state index in [9.17, 15) is 4.79 Å². The average Bonchev–Trinajstić information content (AvgIpc) is 3.37. The van der Waals surface area contributed by atoms with Crippen LogP contribution in [0.25, 0.3) is 0 Å². The molecule has 1 heterocycles. The van der Waals surface area contributed by atoms with Gasteiger partial charge in [0.2, 0.25) is 0 Å². The summed E-state index contributed by atoms with van der Waals surface area (Å²) in [6, 6.07) is 10.1. The lowest BCUT2D eigenvalue weighted by Gasteiger charge is -2.19. The summed E-state index contributed by atoms with van der Waals surface area (Å²) in [6.07, 6.45) is 4.57. The Hall–Kier alpha value is -1.36. The Morgan fingerprint density at radius 3 is 2.70 bits per heavy atom. The molecule has 1 unspecified atom stereocenters. The molecule has 0 saturated heterocycles. The molecule has 2 aromatic rings. The van der Waals surface area contributed by atoms with E-state index in [0.29, 0.717) is 19.1 Å². The molecule has 0 amide bonds. The van der Waals surface area contributed by atoms with Crippen molar-refractivity contribution in [3.8, 4) is 0 Å². The molecule has 1 fully saturated rings. The smallest absolute Gasteiger partial charge is 0.288 e. The summed E-state index contributed by atoms with van der Waals surface area (Å²) >= 11 is 11.8. The van der Waals surface area contributed by atoms with Gasteiger partial charge in [0.1, 0.15) is 5.15 Å². The Morgan fingerprint density at radius 2 is 2.00 bits per heavy atom. The number of benzene rings is 1. The molecule has 0 spiro atoms. The van der Waals surface area contributed by atoms with Crippen molar-refractivity contribution in [2.45, 2.75) is 31.9 Å². The summed E-state index contributed by atoms with van der Waals surface area (Å²) in [5.74, 6) is 0.488. The van der Waals surface area contributed by atoms with Crippen LogP contribution < -0.4 is 5.56 Å². The molecule has 1 aromatic carbocycles. The Bertz CT molecular complexity index is 714. The Labute approximate surface area is 145 Å². The van der Waals surface area contributed by atoms with Gasteiger partial charge in [0, 0.05) is 18.8 Å². The van der Waals surface area contributed by atoms with Gasteiger partial charge in [-0.05, 0) is 30.7 Å². The van der Waals surface area contributed by atoms with E-state index < -0.39 is 0 Å². The molecule has 4 nitrogen and oxygen atoms in total. The van der Waals surface area contributed by atoms with E-state index >= 15 is 0 Å². The number of aromatic nitrogens is 2. The molecule has 0 bridgehead atoms. The summed E-state index contributed by atoms with van der Waals surface area (Å²) in [4.78, 5) is 16.0. The van der Waals surface area contributed by atoms with Crippen molar-refractivity contribution in [2.75, 3.05) is 6.61 Å². The van der Waals surface area contributed by atoms with Crippen molar-refractivity contribution in [1.29, 1.82) is 0 Å². The first kappa shape index (κ1) is 16.5. The SMILES string of the molecule is O=c1c(Cl)nc(Cl)cn1C(CCOCc1ccccc1)C1CC1. The van der Waals surface area contributed by atoms with Crippen LogP contribution in [0.4, 0.5) is 0 Å². The van der Waals surface area contributed by atoms with Gasteiger partial charge in [0.15, 0.2) is 5.15 Å². The molecule has 1 aliphatic carbocycles. The zero-order valence-electron chi connectivity index (χ0n) is 12.6. The van der Waals surface area contributed by atoms with E-state index in [1.807, 2.05) is 30.3 Å². The lowest BCUT2D eigenvalue weighted by Crippen LogP contribution is -2.27. The minimum absolute atomic E-state index is 0.0660. The second-order valence-electron chi connectivity index (χ2n) is 5.80. The van der Waals surface area contributed by atoms with Crippen LogP contribution in [0, 0.1) is 5.92 Å². The Balaban J connectivity index is 1.63. The van der Waals surface area contributed by atoms with Crippen molar-refractivity contribution >= 4 is 23.2 Å². The molecule has 1 atom stereocenters. The van der Waals surface area contributed by atoms with Gasteiger partial charge in [-0.3, -0.25) is 4.79 Å². The monoisotopic (exact) mass is 352 g/mol. The van der Waals surface area contributed by atoms with E-state index in [2.05, 4.69) is 4.98 Å². The molecular formula is C17H18Cl2N2O2. The summed E-state index contributed by atoms with van der Waals surface area (Å²) < 4.78 is 7.38. The van der Waals surface area contributed by atoms with E-state index in [0.717, 1.165) is 24.8 Å². The molecule has 3 rings (SSSR count). The highest BCUT2D eigenvalue weighted by atomic mass is 35.5. The zero-order valence-corrected chi connectivity index (χ0v) is 14.1. The minimum atomic E-state index is -0.281. The summed E-state index contributed by atoms with van der Waals surface area (Å²) in [7, 11) is 0. The maximum Gasteiger partial charge on any atom is 0.288 e. The highest BCUT2D eigenvalue weighted by Gasteiger charge is 2.33. The van der Waals surface area contributed by atoms with Gasteiger partial charge in [-0.15, -0.1) is 0 Å². The molecule has 122 valence electrons. The number of hydrogen-bond acceptors (Lipinski definition) is 3. The van der Waals surface area contributed by atoms with Crippen LogP contribution >= 0.6 is 23.2 Å². The van der Waals surface area contributed by atoms with E-state index in [-0.39, 0.29) is 21.9 Å². The van der Waals surface area contributed by atoms with Crippen LogP contribution in [0.15, 0.2) is 41.3 Å². The van der Waals surface area contributed by atoms with Gasteiger partial charge in [-0.2, -0.15) is 0 Å². The predicted molar refractivity (Wildman–Crippen MR) is 91.0 cm³/mol. The fraction of sp³-hybridized carbons (Fsp3) is 0.412. The third-order valence-corrected chi connectivity index (χ3v) is 4.48. The average molecular weight is 353 g/mol. The topological polar surface area (TPSA) is 44.1 Å². The second-order valence-corrected chi connectivity index (χ2v) is 6.54. The van der Waals surface area contributed by atoms with Crippen molar-refractivity contribution in [1.82, 2.24) is 9.55 Å². The number of rotatable bonds is 7. The van der Waals surface area contributed by atoms with Gasteiger partial charge in [0.05, 0.1) is 6.61 Å². The van der Waals surface area contributed by atoms with Crippen LogP contribution in [0.5, 0.6) is 0 Å². The first-order valence-corrected chi connectivity index (χ1v) is 8.46. The predicted octanol–water partition coefficient (Wildman–Crippen LogP) is 4.11. The number of ether oxygens (including phenoxy) is 1. The van der Waals surface area contributed by atoms with Crippen LogP contribution in [0.1, 0.15) is 30.9 Å². The third-order valence-electron chi connectivity index (χ3n) is 4.05. The first-order valence-electron chi connectivity index (χ1n) is 7.71. The largest absolute Gasteiger partial charge is 0.377 e. The Morgan fingerprint density at radius 1 is 1.26 bits per heavy atom. The van der Waals surface area contributed by atoms with Crippen LogP contribution in [-0.4, -0.2) is 16.2 Å². The van der Waals surface area contributed by atoms with Crippen molar-refractivity contribution in [3.63, 3.8) is 0 Å². The maximum absolute atomic E-state index is 12.2. The van der Waals surface area contributed by atoms with Crippen LogP contribution in [0.3, 0.4) is 0 Å². The van der Waals surface area contributed by atoms with Crippen molar-refractivity contribution < 1.29 is 4.74 Å². The molecule has 0 aliphatic heterocycles. The van der Waals surface area contributed by atoms with E-state index in [4.69, 9.17) is 27.9 Å². The fourth-order valence-corrected chi connectivity index (χ4v) is 3.17. The maximum atomic E-state index is 12.2. The molecule has 1 saturated carbocycles. The summed E-state index contributed by atoms with van der Waals surface area (Å²) in [6.45, 7) is 1.16. The van der Waals surface area contributed by atoms with Gasteiger partial charge < -0.3 is 9.30 Å². The molecular weight excluding hydrogens is 335 g/mol. The van der Waals surface area contributed by atoms with Crippen LogP contribution in [-0.2, 0) is 11.3 Å². The normalized spacial score (nSPS) is 15.6. The van der Waals surface area contributed by atoms with Crippen molar-refractivity contribution in [2.24, 2.45) is 5.92 Å². The first-order chi connectivity index (χ1) is 11.1. The van der Waals surface area contributed by atoms with Gasteiger partial charge in [-0.25, -0.2) is 4.98 Å². The molecule has 0 N–H and O–H groups in total. The van der Waals surface area contributed by atoms with Crippen LogP contribution in [0.2, 0.25) is 10.3 Å². The molecule has 1 aliphatic rings. The number of hydrogen-bond donors (Lipinski definition) is 0. The lowest BCUT2D eigenvalue weighted by atomic mass is 10.1. The second kappa shape index (κ2) is 7.47. The molecule has 1 aromatic heterocycles. The zero-order chi connectivity index (χ0) is 16.2. The molecule has 23 heavy (non-hydrogen) atoms. The standard InChI is InChI=1S/C17H18Cl2N2O2/c18-15-10-21(17(22)16(19)20-15)14(13-6-7-13)8-9-23-11-12-4-2-1-3-5-12/h1-5,10,13-14H,6-9,11H2. The van der Waals surface area contributed by atoms with Gasteiger partial charge in [-0.1, -0.05) is 53.5 Å². The minimum Gasteiger partial charge on any atom is -0.377 e. The van der Waals surface area contributed by atoms with Gasteiger partial charge in [0.25, 0.3) is 5.56 Å². The fourth-order valence-electron chi connectivity index (χ4n) is 2.75. The number of halogens is 2. The third kappa shape index (κ3) is 4.34.